The van der Waals surface area contributed by atoms with Crippen LogP contribution in [-0.2, 0) is 4.79 Å². The van der Waals surface area contributed by atoms with Crippen molar-refractivity contribution in [2.45, 2.75) is 38.8 Å². The predicted molar refractivity (Wildman–Crippen MR) is 58.1 cm³/mol. The summed E-state index contributed by atoms with van der Waals surface area (Å²) in [7, 11) is 1.93. The van der Waals surface area contributed by atoms with Crippen molar-refractivity contribution in [3.63, 3.8) is 0 Å². The first kappa shape index (κ1) is 12.0. The second-order valence-electron chi connectivity index (χ2n) is 4.10. The SMILES string of the molecule is CCN1CCC(C)N(C)C(CC#N)C1=O. The lowest BCUT2D eigenvalue weighted by Gasteiger charge is -2.28. The van der Waals surface area contributed by atoms with Crippen molar-refractivity contribution >= 4 is 5.91 Å². The van der Waals surface area contributed by atoms with Crippen molar-refractivity contribution in [1.29, 1.82) is 5.26 Å². The second kappa shape index (κ2) is 5.13. The molecule has 0 saturated carbocycles. The molecule has 1 amide bonds. The Bertz CT molecular complexity index is 271. The zero-order valence-corrected chi connectivity index (χ0v) is 9.73. The van der Waals surface area contributed by atoms with Crippen molar-refractivity contribution in [2.24, 2.45) is 0 Å². The fraction of sp³-hybridized carbons (Fsp3) is 0.818. The Kier molecular flexibility index (Phi) is 4.10. The molecule has 1 heterocycles. The van der Waals surface area contributed by atoms with E-state index in [2.05, 4.69) is 13.0 Å². The Balaban J connectivity index is 2.86. The van der Waals surface area contributed by atoms with E-state index in [1.54, 1.807) is 0 Å². The van der Waals surface area contributed by atoms with Gasteiger partial charge in [-0.1, -0.05) is 0 Å². The van der Waals surface area contributed by atoms with Gasteiger partial charge >= 0.3 is 0 Å². The van der Waals surface area contributed by atoms with Crippen LogP contribution in [0.1, 0.15) is 26.7 Å². The van der Waals surface area contributed by atoms with Crippen LogP contribution in [0.2, 0.25) is 0 Å². The molecule has 15 heavy (non-hydrogen) atoms. The minimum Gasteiger partial charge on any atom is -0.342 e. The van der Waals surface area contributed by atoms with Crippen molar-refractivity contribution < 1.29 is 4.79 Å². The number of rotatable bonds is 2. The summed E-state index contributed by atoms with van der Waals surface area (Å²) >= 11 is 0. The number of nitrogens with zero attached hydrogens (tertiary/aromatic N) is 3. The summed E-state index contributed by atoms with van der Waals surface area (Å²) in [5.41, 5.74) is 0. The molecule has 0 aromatic carbocycles. The fourth-order valence-electron chi connectivity index (χ4n) is 1.98. The van der Waals surface area contributed by atoms with Crippen LogP contribution in [0.5, 0.6) is 0 Å². The highest BCUT2D eigenvalue weighted by Crippen LogP contribution is 2.17. The molecule has 0 aromatic heterocycles. The zero-order valence-electron chi connectivity index (χ0n) is 9.73. The van der Waals surface area contributed by atoms with E-state index < -0.39 is 0 Å². The minimum atomic E-state index is -0.257. The summed E-state index contributed by atoms with van der Waals surface area (Å²) < 4.78 is 0. The standard InChI is InChI=1S/C11H19N3O/c1-4-14-8-6-9(2)13(3)10(5-7-12)11(14)15/h9-10H,4-6,8H2,1-3H3. The molecule has 2 unspecified atom stereocenters. The molecule has 1 saturated heterocycles. The van der Waals surface area contributed by atoms with E-state index >= 15 is 0 Å². The summed E-state index contributed by atoms with van der Waals surface area (Å²) in [6, 6.07) is 2.21. The molecule has 84 valence electrons. The van der Waals surface area contributed by atoms with Gasteiger partial charge in [-0.3, -0.25) is 9.69 Å². The highest BCUT2D eigenvalue weighted by molar-refractivity contribution is 5.82. The highest BCUT2D eigenvalue weighted by Gasteiger charge is 2.32. The Hall–Kier alpha value is -1.08. The Labute approximate surface area is 91.5 Å². The molecule has 1 rings (SSSR count). The first-order valence-electron chi connectivity index (χ1n) is 5.49. The van der Waals surface area contributed by atoms with Gasteiger partial charge in [0.15, 0.2) is 0 Å². The predicted octanol–water partition coefficient (Wildman–Crippen LogP) is 0.841. The molecular weight excluding hydrogens is 190 g/mol. The summed E-state index contributed by atoms with van der Waals surface area (Å²) in [5, 5.41) is 8.74. The maximum absolute atomic E-state index is 12.1. The van der Waals surface area contributed by atoms with Gasteiger partial charge in [0.25, 0.3) is 0 Å². The van der Waals surface area contributed by atoms with Gasteiger partial charge in [0.1, 0.15) is 6.04 Å². The zero-order chi connectivity index (χ0) is 11.4. The van der Waals surface area contributed by atoms with Crippen LogP contribution in [0.3, 0.4) is 0 Å². The maximum atomic E-state index is 12.1. The number of hydrogen-bond acceptors (Lipinski definition) is 3. The lowest BCUT2D eigenvalue weighted by atomic mass is 10.1. The molecule has 0 radical (unpaired) electrons. The lowest BCUT2D eigenvalue weighted by molar-refractivity contribution is -0.134. The molecule has 4 heteroatoms. The number of amides is 1. The lowest BCUT2D eigenvalue weighted by Crippen LogP contribution is -2.45. The third kappa shape index (κ3) is 2.48. The van der Waals surface area contributed by atoms with Gasteiger partial charge in [-0.05, 0) is 27.3 Å². The summed E-state index contributed by atoms with van der Waals surface area (Å²) in [6.07, 6.45) is 1.27. The molecule has 0 spiro atoms. The first-order chi connectivity index (χ1) is 7.11. The molecular formula is C11H19N3O. The van der Waals surface area contributed by atoms with Crippen molar-refractivity contribution in [3.8, 4) is 6.07 Å². The second-order valence-corrected chi connectivity index (χ2v) is 4.10. The summed E-state index contributed by atoms with van der Waals surface area (Å²) in [4.78, 5) is 15.9. The normalized spacial score (nSPS) is 28.7. The number of likely N-dealkylation sites (N-methyl/N-ethyl adjacent to an activating group) is 2. The first-order valence-corrected chi connectivity index (χ1v) is 5.49. The van der Waals surface area contributed by atoms with Gasteiger partial charge in [-0.15, -0.1) is 0 Å². The molecule has 0 bridgehead atoms. The van der Waals surface area contributed by atoms with Gasteiger partial charge in [0.2, 0.25) is 5.91 Å². The molecule has 1 aliphatic rings. The number of nitriles is 1. The van der Waals surface area contributed by atoms with Crippen LogP contribution < -0.4 is 0 Å². The Morgan fingerprint density at radius 3 is 2.80 bits per heavy atom. The third-order valence-electron chi connectivity index (χ3n) is 3.27. The molecule has 0 aromatic rings. The van der Waals surface area contributed by atoms with E-state index in [-0.39, 0.29) is 18.4 Å². The van der Waals surface area contributed by atoms with Crippen LogP contribution in [0.4, 0.5) is 0 Å². The largest absolute Gasteiger partial charge is 0.342 e. The van der Waals surface area contributed by atoms with Crippen LogP contribution in [0.25, 0.3) is 0 Å². The quantitative estimate of drug-likeness (QED) is 0.677. The third-order valence-corrected chi connectivity index (χ3v) is 3.27. The fourth-order valence-corrected chi connectivity index (χ4v) is 1.98. The number of carbonyl (C=O) groups excluding carboxylic acids is 1. The Morgan fingerprint density at radius 2 is 2.27 bits per heavy atom. The summed E-state index contributed by atoms with van der Waals surface area (Å²) in [6.45, 7) is 5.64. The van der Waals surface area contributed by atoms with Gasteiger partial charge < -0.3 is 4.90 Å². The topological polar surface area (TPSA) is 47.3 Å². The Morgan fingerprint density at radius 1 is 1.60 bits per heavy atom. The van der Waals surface area contributed by atoms with E-state index in [0.29, 0.717) is 6.04 Å². The summed E-state index contributed by atoms with van der Waals surface area (Å²) in [5.74, 6) is 0.103. The van der Waals surface area contributed by atoms with Crippen LogP contribution in [-0.4, -0.2) is 47.9 Å². The average Bonchev–Trinajstić information content (AvgIpc) is 2.32. The average molecular weight is 209 g/mol. The van der Waals surface area contributed by atoms with Gasteiger partial charge in [-0.25, -0.2) is 0 Å². The number of carbonyl (C=O) groups is 1. The van der Waals surface area contributed by atoms with E-state index in [4.69, 9.17) is 5.26 Å². The van der Waals surface area contributed by atoms with E-state index in [1.807, 2.05) is 23.8 Å². The molecule has 2 atom stereocenters. The van der Waals surface area contributed by atoms with Crippen molar-refractivity contribution in [1.82, 2.24) is 9.80 Å². The van der Waals surface area contributed by atoms with Crippen molar-refractivity contribution in [2.75, 3.05) is 20.1 Å². The van der Waals surface area contributed by atoms with E-state index in [1.165, 1.54) is 0 Å². The molecule has 0 aliphatic carbocycles. The minimum absolute atomic E-state index is 0.103. The maximum Gasteiger partial charge on any atom is 0.240 e. The number of hydrogen-bond donors (Lipinski definition) is 0. The monoisotopic (exact) mass is 209 g/mol. The van der Waals surface area contributed by atoms with E-state index in [9.17, 15) is 4.79 Å². The highest BCUT2D eigenvalue weighted by atomic mass is 16.2. The smallest absolute Gasteiger partial charge is 0.240 e. The van der Waals surface area contributed by atoms with Gasteiger partial charge in [0, 0.05) is 19.1 Å². The molecule has 1 fully saturated rings. The molecule has 1 aliphatic heterocycles. The van der Waals surface area contributed by atoms with E-state index in [0.717, 1.165) is 19.5 Å². The van der Waals surface area contributed by atoms with Gasteiger partial charge in [0.05, 0.1) is 12.5 Å². The van der Waals surface area contributed by atoms with Crippen LogP contribution >= 0.6 is 0 Å². The van der Waals surface area contributed by atoms with Crippen LogP contribution in [0, 0.1) is 11.3 Å². The van der Waals surface area contributed by atoms with Gasteiger partial charge in [-0.2, -0.15) is 5.26 Å². The van der Waals surface area contributed by atoms with Crippen molar-refractivity contribution in [3.05, 3.63) is 0 Å². The molecule has 0 N–H and O–H groups in total. The molecule has 4 nitrogen and oxygen atoms in total. The van der Waals surface area contributed by atoms with Crippen LogP contribution in [0.15, 0.2) is 0 Å².